The van der Waals surface area contributed by atoms with E-state index in [-0.39, 0.29) is 5.69 Å². The van der Waals surface area contributed by atoms with E-state index < -0.39 is 4.92 Å². The highest BCUT2D eigenvalue weighted by Crippen LogP contribution is 2.26. The maximum absolute atomic E-state index is 10.7. The van der Waals surface area contributed by atoms with Crippen molar-refractivity contribution >= 4 is 45.5 Å². The zero-order valence-corrected chi connectivity index (χ0v) is 17.8. The van der Waals surface area contributed by atoms with Gasteiger partial charge in [-0.1, -0.05) is 0 Å². The molecule has 0 heterocycles. The zero-order chi connectivity index (χ0) is 23.8. The second-order valence-electron chi connectivity index (χ2n) is 7.00. The van der Waals surface area contributed by atoms with Gasteiger partial charge in [0, 0.05) is 17.8 Å². The third-order valence-corrected chi connectivity index (χ3v) is 4.50. The summed E-state index contributed by atoms with van der Waals surface area (Å²) in [5.41, 5.74) is 10.2. The van der Waals surface area contributed by atoms with Crippen LogP contribution in [0.1, 0.15) is 0 Å². The number of non-ortho nitro benzene ring substituents is 1. The number of anilines is 1. The summed E-state index contributed by atoms with van der Waals surface area (Å²) < 4.78 is 0. The van der Waals surface area contributed by atoms with Crippen molar-refractivity contribution in [3.05, 3.63) is 107 Å². The number of hydrogen-bond donors (Lipinski definition) is 1. The van der Waals surface area contributed by atoms with Crippen molar-refractivity contribution in [1.82, 2.24) is 0 Å². The average molecular weight is 450 g/mol. The van der Waals surface area contributed by atoms with Gasteiger partial charge in [-0.25, -0.2) is 0 Å². The summed E-state index contributed by atoms with van der Waals surface area (Å²) in [6, 6.07) is 27.2. The normalized spacial score (nSPS) is 11.5. The standard InChI is InChI=1S/C24H18N8O2/c25-17-1-3-18(4-2-17)26-27-19-5-7-20(8-6-19)28-29-21-9-11-22(12-10-21)30-31-23-13-15-24(16-14-23)32(33)34/h1-16H,25H2. The van der Waals surface area contributed by atoms with Gasteiger partial charge >= 0.3 is 0 Å². The molecular weight excluding hydrogens is 432 g/mol. The van der Waals surface area contributed by atoms with E-state index in [9.17, 15) is 10.1 Å². The van der Waals surface area contributed by atoms with Crippen LogP contribution in [0.5, 0.6) is 0 Å². The molecule has 4 aromatic carbocycles. The van der Waals surface area contributed by atoms with E-state index in [4.69, 9.17) is 5.73 Å². The molecule has 34 heavy (non-hydrogen) atoms. The maximum Gasteiger partial charge on any atom is 0.269 e. The number of nitrogens with two attached hydrogens (primary N) is 1. The first-order chi connectivity index (χ1) is 16.5. The Hall–Kier alpha value is -5.12. The van der Waals surface area contributed by atoms with Crippen LogP contribution in [0.3, 0.4) is 0 Å². The molecule has 10 heteroatoms. The Morgan fingerprint density at radius 3 is 0.971 bits per heavy atom. The second kappa shape index (κ2) is 10.5. The second-order valence-corrected chi connectivity index (χ2v) is 7.00. The first-order valence-corrected chi connectivity index (χ1v) is 10.1. The molecule has 0 unspecified atom stereocenters. The Kier molecular flexibility index (Phi) is 6.80. The molecule has 0 aliphatic heterocycles. The van der Waals surface area contributed by atoms with Crippen molar-refractivity contribution in [3.63, 3.8) is 0 Å². The predicted octanol–water partition coefficient (Wildman–Crippen LogP) is 8.42. The Morgan fingerprint density at radius 1 is 0.471 bits per heavy atom. The lowest BCUT2D eigenvalue weighted by Gasteiger charge is -1.97. The summed E-state index contributed by atoms with van der Waals surface area (Å²) >= 11 is 0. The minimum atomic E-state index is -0.461. The van der Waals surface area contributed by atoms with E-state index in [1.807, 2.05) is 0 Å². The monoisotopic (exact) mass is 450 g/mol. The summed E-state index contributed by atoms with van der Waals surface area (Å²) in [6.07, 6.45) is 0. The molecule has 4 aromatic rings. The van der Waals surface area contributed by atoms with E-state index >= 15 is 0 Å². The highest BCUT2D eigenvalue weighted by atomic mass is 16.6. The predicted molar refractivity (Wildman–Crippen MR) is 129 cm³/mol. The molecule has 0 saturated heterocycles. The van der Waals surface area contributed by atoms with E-state index in [2.05, 4.69) is 30.7 Å². The summed E-state index contributed by atoms with van der Waals surface area (Å²) in [6.45, 7) is 0. The van der Waals surface area contributed by atoms with Crippen LogP contribution in [0.25, 0.3) is 0 Å². The van der Waals surface area contributed by atoms with E-state index in [1.54, 1.807) is 72.8 Å². The molecule has 0 atom stereocenters. The fourth-order valence-electron chi connectivity index (χ4n) is 2.70. The number of nitrogen functional groups attached to an aromatic ring is 1. The molecule has 0 fully saturated rings. The minimum Gasteiger partial charge on any atom is -0.399 e. The Balaban J connectivity index is 1.34. The van der Waals surface area contributed by atoms with Gasteiger partial charge in [-0.05, 0) is 84.9 Å². The zero-order valence-electron chi connectivity index (χ0n) is 17.8. The van der Waals surface area contributed by atoms with Crippen molar-refractivity contribution in [2.45, 2.75) is 0 Å². The lowest BCUT2D eigenvalue weighted by atomic mass is 10.3. The largest absolute Gasteiger partial charge is 0.399 e. The van der Waals surface area contributed by atoms with Crippen molar-refractivity contribution in [1.29, 1.82) is 0 Å². The topological polar surface area (TPSA) is 143 Å². The Morgan fingerprint density at radius 2 is 0.706 bits per heavy atom. The van der Waals surface area contributed by atoms with Crippen LogP contribution < -0.4 is 5.73 Å². The molecule has 0 radical (unpaired) electrons. The maximum atomic E-state index is 10.7. The first kappa shape index (κ1) is 22.1. The Labute approximate surface area is 194 Å². The molecule has 4 rings (SSSR count). The third kappa shape index (κ3) is 6.20. The molecule has 10 nitrogen and oxygen atoms in total. The molecular formula is C24H18N8O2. The number of benzene rings is 4. The SMILES string of the molecule is Nc1ccc(N=Nc2ccc(N=Nc3ccc(N=Nc4ccc([N+](=O)[O-])cc4)cc3)cc2)cc1. The van der Waals surface area contributed by atoms with Crippen LogP contribution in [-0.4, -0.2) is 4.92 Å². The summed E-state index contributed by atoms with van der Waals surface area (Å²) in [5, 5.41) is 35.7. The highest BCUT2D eigenvalue weighted by molar-refractivity contribution is 5.51. The lowest BCUT2D eigenvalue weighted by molar-refractivity contribution is -0.384. The number of azo groups is 3. The quantitative estimate of drug-likeness (QED) is 0.130. The van der Waals surface area contributed by atoms with Crippen molar-refractivity contribution < 1.29 is 4.92 Å². The fraction of sp³-hybridized carbons (Fsp3) is 0. The van der Waals surface area contributed by atoms with Crippen LogP contribution >= 0.6 is 0 Å². The summed E-state index contributed by atoms with van der Waals surface area (Å²) in [5.74, 6) is 0. The van der Waals surface area contributed by atoms with Crippen molar-refractivity contribution in [3.8, 4) is 0 Å². The van der Waals surface area contributed by atoms with Gasteiger partial charge in [0.2, 0.25) is 0 Å². The van der Waals surface area contributed by atoms with Gasteiger partial charge in [0.05, 0.1) is 39.0 Å². The van der Waals surface area contributed by atoms with Crippen LogP contribution in [0.4, 0.5) is 45.5 Å². The fourth-order valence-corrected chi connectivity index (χ4v) is 2.70. The Bertz CT molecular complexity index is 1350. The molecule has 0 aliphatic rings. The van der Waals surface area contributed by atoms with Gasteiger partial charge in [-0.15, -0.1) is 0 Å². The van der Waals surface area contributed by atoms with Gasteiger partial charge in [0.15, 0.2) is 0 Å². The van der Waals surface area contributed by atoms with Gasteiger partial charge < -0.3 is 5.73 Å². The van der Waals surface area contributed by atoms with Crippen LogP contribution in [0.2, 0.25) is 0 Å². The molecule has 0 bridgehead atoms. The van der Waals surface area contributed by atoms with Crippen molar-refractivity contribution in [2.75, 3.05) is 5.73 Å². The number of rotatable bonds is 7. The third-order valence-electron chi connectivity index (χ3n) is 4.50. The molecule has 0 aliphatic carbocycles. The van der Waals surface area contributed by atoms with Crippen LogP contribution in [0, 0.1) is 10.1 Å². The van der Waals surface area contributed by atoms with Gasteiger partial charge in [0.25, 0.3) is 5.69 Å². The van der Waals surface area contributed by atoms with Crippen molar-refractivity contribution in [2.24, 2.45) is 30.7 Å². The molecule has 2 N–H and O–H groups in total. The summed E-state index contributed by atoms with van der Waals surface area (Å²) in [4.78, 5) is 10.2. The smallest absolute Gasteiger partial charge is 0.269 e. The number of nitro groups is 1. The minimum absolute atomic E-state index is 0.00543. The van der Waals surface area contributed by atoms with E-state index in [1.165, 1.54) is 24.3 Å². The number of nitrogens with zero attached hydrogens (tertiary/aromatic N) is 7. The van der Waals surface area contributed by atoms with Gasteiger partial charge in [-0.3, -0.25) is 10.1 Å². The lowest BCUT2D eigenvalue weighted by Crippen LogP contribution is -1.85. The summed E-state index contributed by atoms with van der Waals surface area (Å²) in [7, 11) is 0. The molecule has 0 saturated carbocycles. The van der Waals surface area contributed by atoms with Gasteiger partial charge in [0.1, 0.15) is 0 Å². The average Bonchev–Trinajstić information content (AvgIpc) is 2.87. The molecule has 166 valence electrons. The highest BCUT2D eigenvalue weighted by Gasteiger charge is 2.03. The number of hydrogen-bond acceptors (Lipinski definition) is 9. The van der Waals surface area contributed by atoms with E-state index in [0.29, 0.717) is 39.8 Å². The van der Waals surface area contributed by atoms with Crippen LogP contribution in [-0.2, 0) is 0 Å². The van der Waals surface area contributed by atoms with Crippen LogP contribution in [0.15, 0.2) is 128 Å². The van der Waals surface area contributed by atoms with Gasteiger partial charge in [-0.2, -0.15) is 30.7 Å². The van der Waals surface area contributed by atoms with E-state index in [0.717, 1.165) is 0 Å². The molecule has 0 spiro atoms. The number of nitro benzene ring substituents is 1. The molecule has 0 amide bonds. The first-order valence-electron chi connectivity index (χ1n) is 10.1. The molecule has 0 aromatic heterocycles.